The van der Waals surface area contributed by atoms with Crippen LogP contribution in [0.1, 0.15) is 93.4 Å². The molecule has 3 nitrogen and oxygen atoms in total. The molecule has 0 aliphatic heterocycles. The average Bonchev–Trinajstić information content (AvgIpc) is 2.34. The maximum Gasteiger partial charge on any atom is 0.303 e. The summed E-state index contributed by atoms with van der Waals surface area (Å²) in [6, 6.07) is 0. The van der Waals surface area contributed by atoms with Crippen molar-refractivity contribution in [3.63, 3.8) is 0 Å². The molecule has 3 N–H and O–H groups in total. The molecule has 0 amide bonds. The van der Waals surface area contributed by atoms with Crippen molar-refractivity contribution in [1.29, 1.82) is 0 Å². The van der Waals surface area contributed by atoms with E-state index in [0.717, 1.165) is 24.8 Å². The summed E-state index contributed by atoms with van der Waals surface area (Å²) in [6.45, 7) is 15.8. The fourth-order valence-electron chi connectivity index (χ4n) is 1.66. The molecule has 0 fully saturated rings. The van der Waals surface area contributed by atoms with Crippen LogP contribution in [-0.4, -0.2) is 17.6 Å². The molecule has 0 aliphatic rings. The molecule has 0 saturated heterocycles. The lowest BCUT2D eigenvalue weighted by Crippen LogP contribution is -2.01. The van der Waals surface area contributed by atoms with Crippen molar-refractivity contribution < 1.29 is 9.90 Å². The quantitative estimate of drug-likeness (QED) is 0.534. The number of rotatable bonds is 9. The number of carboxylic acid groups (broad SMARTS) is 1. The first-order valence-corrected chi connectivity index (χ1v) is 9.09. The van der Waals surface area contributed by atoms with Gasteiger partial charge in [0.1, 0.15) is 0 Å². The number of aliphatic carboxylic acids is 1. The van der Waals surface area contributed by atoms with Crippen LogP contribution < -0.4 is 5.73 Å². The van der Waals surface area contributed by atoms with Gasteiger partial charge in [-0.1, -0.05) is 80.6 Å². The standard InChI is InChI=1S/C9H20.C5H13N.C5H10O2/c1-4-5-6-7-8-9(2)3;1-5(2)3-4-6;1-4(2)3-5(6)7/h9H,4-8H2,1-3H3;5H,3-4,6H2,1-2H3;4H,3H2,1-2H3,(H,6,7). The van der Waals surface area contributed by atoms with Gasteiger partial charge < -0.3 is 10.8 Å². The molecule has 0 saturated carbocycles. The first-order chi connectivity index (χ1) is 10.2. The van der Waals surface area contributed by atoms with Crippen LogP contribution in [0.5, 0.6) is 0 Å². The molecular weight excluding hydrogens is 274 g/mol. The monoisotopic (exact) mass is 317 g/mol. The Balaban J connectivity index is -0.000000252. The average molecular weight is 318 g/mol. The Morgan fingerprint density at radius 2 is 1.36 bits per heavy atom. The van der Waals surface area contributed by atoms with Gasteiger partial charge in [-0.2, -0.15) is 0 Å². The predicted octanol–water partition coefficient (Wildman–Crippen LogP) is 5.72. The maximum atomic E-state index is 9.81. The van der Waals surface area contributed by atoms with Gasteiger partial charge in [0.25, 0.3) is 0 Å². The number of carboxylic acids is 1. The van der Waals surface area contributed by atoms with E-state index in [9.17, 15) is 4.79 Å². The minimum Gasteiger partial charge on any atom is -0.481 e. The van der Waals surface area contributed by atoms with Gasteiger partial charge in [0.05, 0.1) is 0 Å². The Bertz CT molecular complexity index is 213. The van der Waals surface area contributed by atoms with Crippen molar-refractivity contribution in [3.05, 3.63) is 0 Å². The summed E-state index contributed by atoms with van der Waals surface area (Å²) < 4.78 is 0. The van der Waals surface area contributed by atoms with Gasteiger partial charge in [-0.3, -0.25) is 4.79 Å². The van der Waals surface area contributed by atoms with E-state index in [2.05, 4.69) is 34.6 Å². The lowest BCUT2D eigenvalue weighted by molar-refractivity contribution is -0.137. The number of unbranched alkanes of at least 4 members (excludes halogenated alkanes) is 3. The zero-order chi connectivity index (χ0) is 18.0. The summed E-state index contributed by atoms with van der Waals surface area (Å²) in [6.07, 6.45) is 8.50. The molecule has 0 atom stereocenters. The SMILES string of the molecule is CC(C)CC(=O)O.CC(C)CCN.CCCCCCC(C)C. The van der Waals surface area contributed by atoms with Crippen LogP contribution in [0.3, 0.4) is 0 Å². The van der Waals surface area contributed by atoms with E-state index < -0.39 is 5.97 Å². The molecule has 0 rings (SSSR count). The summed E-state index contributed by atoms with van der Waals surface area (Å²) in [5.74, 6) is 1.24. The fraction of sp³-hybridized carbons (Fsp3) is 0.947. The van der Waals surface area contributed by atoms with E-state index in [1.165, 1.54) is 32.1 Å². The fourth-order valence-corrected chi connectivity index (χ4v) is 1.66. The molecule has 22 heavy (non-hydrogen) atoms. The van der Waals surface area contributed by atoms with Crippen LogP contribution in [0.25, 0.3) is 0 Å². The van der Waals surface area contributed by atoms with Crippen molar-refractivity contribution >= 4 is 5.97 Å². The normalized spacial score (nSPS) is 10.1. The van der Waals surface area contributed by atoms with E-state index in [0.29, 0.717) is 0 Å². The van der Waals surface area contributed by atoms with Gasteiger partial charge >= 0.3 is 5.97 Å². The molecule has 0 spiro atoms. The third kappa shape index (κ3) is 42.7. The largest absolute Gasteiger partial charge is 0.481 e. The van der Waals surface area contributed by atoms with E-state index in [1.54, 1.807) is 0 Å². The highest BCUT2D eigenvalue weighted by Gasteiger charge is 1.98. The summed E-state index contributed by atoms with van der Waals surface area (Å²) in [5.41, 5.74) is 5.23. The molecule has 0 bridgehead atoms. The van der Waals surface area contributed by atoms with Crippen molar-refractivity contribution in [2.75, 3.05) is 6.54 Å². The molecule has 0 aromatic heterocycles. The van der Waals surface area contributed by atoms with Crippen LogP contribution in [0.15, 0.2) is 0 Å². The Morgan fingerprint density at radius 3 is 1.55 bits per heavy atom. The van der Waals surface area contributed by atoms with Gasteiger partial charge in [0.15, 0.2) is 0 Å². The van der Waals surface area contributed by atoms with Gasteiger partial charge in [-0.05, 0) is 30.7 Å². The van der Waals surface area contributed by atoms with E-state index >= 15 is 0 Å². The first kappa shape index (κ1) is 26.3. The maximum absolute atomic E-state index is 9.81. The van der Waals surface area contributed by atoms with Crippen LogP contribution in [-0.2, 0) is 4.79 Å². The van der Waals surface area contributed by atoms with Gasteiger partial charge in [-0.25, -0.2) is 0 Å². The van der Waals surface area contributed by atoms with E-state index in [1.807, 2.05) is 13.8 Å². The summed E-state index contributed by atoms with van der Waals surface area (Å²) in [7, 11) is 0. The molecule has 0 heterocycles. The Hall–Kier alpha value is -0.570. The molecular formula is C19H43NO2. The Morgan fingerprint density at radius 1 is 0.864 bits per heavy atom. The van der Waals surface area contributed by atoms with Crippen molar-refractivity contribution in [2.45, 2.75) is 93.4 Å². The number of carbonyl (C=O) groups is 1. The second kappa shape index (κ2) is 20.4. The molecule has 0 aromatic carbocycles. The summed E-state index contributed by atoms with van der Waals surface area (Å²) >= 11 is 0. The van der Waals surface area contributed by atoms with Gasteiger partial charge in [-0.15, -0.1) is 0 Å². The molecule has 3 heteroatoms. The second-order valence-corrected chi connectivity index (χ2v) is 7.21. The molecule has 0 aromatic rings. The minimum absolute atomic E-state index is 0.275. The highest BCUT2D eigenvalue weighted by Crippen LogP contribution is 2.08. The number of hydrogen-bond donors (Lipinski definition) is 2. The second-order valence-electron chi connectivity index (χ2n) is 7.21. The smallest absolute Gasteiger partial charge is 0.303 e. The Kier molecular flexibility index (Phi) is 24.5. The van der Waals surface area contributed by atoms with Crippen LogP contribution in [0, 0.1) is 17.8 Å². The number of hydrogen-bond acceptors (Lipinski definition) is 2. The third-order valence-corrected chi connectivity index (χ3v) is 2.96. The zero-order valence-electron chi connectivity index (χ0n) is 16.3. The van der Waals surface area contributed by atoms with E-state index in [-0.39, 0.29) is 12.3 Å². The van der Waals surface area contributed by atoms with E-state index in [4.69, 9.17) is 10.8 Å². The lowest BCUT2D eigenvalue weighted by Gasteiger charge is -2.01. The third-order valence-electron chi connectivity index (χ3n) is 2.96. The van der Waals surface area contributed by atoms with Crippen LogP contribution in [0.4, 0.5) is 0 Å². The Labute approximate surface area is 140 Å². The van der Waals surface area contributed by atoms with Crippen molar-refractivity contribution in [2.24, 2.45) is 23.5 Å². The van der Waals surface area contributed by atoms with Crippen LogP contribution in [0.2, 0.25) is 0 Å². The zero-order valence-corrected chi connectivity index (χ0v) is 16.3. The lowest BCUT2D eigenvalue weighted by atomic mass is 10.1. The van der Waals surface area contributed by atoms with Gasteiger partial charge in [0, 0.05) is 6.42 Å². The van der Waals surface area contributed by atoms with Crippen LogP contribution >= 0.6 is 0 Å². The summed E-state index contributed by atoms with van der Waals surface area (Å²) in [4.78, 5) is 9.81. The van der Waals surface area contributed by atoms with Crippen molar-refractivity contribution in [3.8, 4) is 0 Å². The molecule has 0 unspecified atom stereocenters. The first-order valence-electron chi connectivity index (χ1n) is 9.09. The molecule has 0 aliphatic carbocycles. The highest BCUT2D eigenvalue weighted by molar-refractivity contribution is 5.66. The van der Waals surface area contributed by atoms with Crippen molar-refractivity contribution in [1.82, 2.24) is 0 Å². The molecule has 0 radical (unpaired) electrons. The van der Waals surface area contributed by atoms with Gasteiger partial charge in [0.2, 0.25) is 0 Å². The topological polar surface area (TPSA) is 63.3 Å². The highest BCUT2D eigenvalue weighted by atomic mass is 16.4. The summed E-state index contributed by atoms with van der Waals surface area (Å²) in [5, 5.41) is 8.08. The molecule has 136 valence electrons. The predicted molar refractivity (Wildman–Crippen MR) is 99.2 cm³/mol. The number of nitrogens with two attached hydrogens (primary N) is 1. The minimum atomic E-state index is -0.713.